The highest BCUT2D eigenvalue weighted by Gasteiger charge is 2.20. The monoisotopic (exact) mass is 339 g/mol. The van der Waals surface area contributed by atoms with Crippen molar-refractivity contribution < 1.29 is 4.79 Å². The molecule has 0 radical (unpaired) electrons. The van der Waals surface area contributed by atoms with E-state index in [1.54, 1.807) is 4.90 Å². The minimum absolute atomic E-state index is 0.176. The van der Waals surface area contributed by atoms with E-state index in [9.17, 15) is 4.79 Å². The van der Waals surface area contributed by atoms with Crippen molar-refractivity contribution in [1.29, 1.82) is 0 Å². The molecular formula is C15H22BrN3O. The summed E-state index contributed by atoms with van der Waals surface area (Å²) >= 11 is 3.52. The number of piperazine rings is 1. The second-order valence-corrected chi connectivity index (χ2v) is 6.29. The van der Waals surface area contributed by atoms with Crippen LogP contribution in [-0.2, 0) is 11.3 Å². The molecular weight excluding hydrogens is 318 g/mol. The smallest absolute Gasteiger partial charge is 0.236 e. The van der Waals surface area contributed by atoms with E-state index >= 15 is 0 Å². The molecule has 4 nitrogen and oxygen atoms in total. The SMILES string of the molecule is C[C@H]1CN(CC(=O)N(C)Cc2ccccc2Br)CCN1. The Kier molecular flexibility index (Phi) is 5.57. The van der Waals surface area contributed by atoms with Crippen LogP contribution in [0.2, 0.25) is 0 Å². The first-order chi connectivity index (χ1) is 9.56. The molecule has 1 saturated heterocycles. The fraction of sp³-hybridized carbons (Fsp3) is 0.533. The Morgan fingerprint density at radius 3 is 2.95 bits per heavy atom. The first kappa shape index (κ1) is 15.5. The van der Waals surface area contributed by atoms with Gasteiger partial charge in [0.25, 0.3) is 0 Å². The minimum Gasteiger partial charge on any atom is -0.340 e. The first-order valence-corrected chi connectivity index (χ1v) is 7.78. The Morgan fingerprint density at radius 2 is 2.25 bits per heavy atom. The van der Waals surface area contributed by atoms with E-state index < -0.39 is 0 Å². The van der Waals surface area contributed by atoms with Crippen LogP contribution >= 0.6 is 15.9 Å². The molecule has 1 aromatic rings. The van der Waals surface area contributed by atoms with Gasteiger partial charge in [-0.1, -0.05) is 34.1 Å². The summed E-state index contributed by atoms with van der Waals surface area (Å²) in [6.07, 6.45) is 0. The molecule has 1 aromatic carbocycles. The van der Waals surface area contributed by atoms with Gasteiger partial charge in [0.15, 0.2) is 0 Å². The number of hydrogen-bond acceptors (Lipinski definition) is 3. The predicted molar refractivity (Wildman–Crippen MR) is 84.5 cm³/mol. The van der Waals surface area contributed by atoms with Gasteiger partial charge in [-0.15, -0.1) is 0 Å². The zero-order chi connectivity index (χ0) is 14.5. The van der Waals surface area contributed by atoms with Crippen molar-refractivity contribution in [2.24, 2.45) is 0 Å². The third-order valence-corrected chi connectivity index (χ3v) is 4.38. The molecule has 1 aliphatic rings. The lowest BCUT2D eigenvalue weighted by molar-refractivity contribution is -0.131. The lowest BCUT2D eigenvalue weighted by Crippen LogP contribution is -2.51. The summed E-state index contributed by atoms with van der Waals surface area (Å²) in [5, 5.41) is 3.39. The van der Waals surface area contributed by atoms with Crippen molar-refractivity contribution in [3.63, 3.8) is 0 Å². The number of halogens is 1. The molecule has 0 aliphatic carbocycles. The highest BCUT2D eigenvalue weighted by molar-refractivity contribution is 9.10. The molecule has 0 unspecified atom stereocenters. The molecule has 5 heteroatoms. The van der Waals surface area contributed by atoms with E-state index in [0.29, 0.717) is 19.1 Å². The summed E-state index contributed by atoms with van der Waals surface area (Å²) < 4.78 is 1.05. The van der Waals surface area contributed by atoms with Crippen LogP contribution in [0.4, 0.5) is 0 Å². The van der Waals surface area contributed by atoms with Crippen molar-refractivity contribution in [3.05, 3.63) is 34.3 Å². The number of nitrogens with one attached hydrogen (secondary N) is 1. The molecule has 0 spiro atoms. The lowest BCUT2D eigenvalue weighted by Gasteiger charge is -2.32. The first-order valence-electron chi connectivity index (χ1n) is 6.99. The molecule has 110 valence electrons. The van der Waals surface area contributed by atoms with Crippen molar-refractivity contribution in [2.45, 2.75) is 19.5 Å². The largest absolute Gasteiger partial charge is 0.340 e. The van der Waals surface area contributed by atoms with Gasteiger partial charge in [0.05, 0.1) is 6.54 Å². The number of hydrogen-bond donors (Lipinski definition) is 1. The maximum Gasteiger partial charge on any atom is 0.236 e. The molecule has 20 heavy (non-hydrogen) atoms. The van der Waals surface area contributed by atoms with Gasteiger partial charge in [-0.05, 0) is 18.6 Å². The van der Waals surface area contributed by atoms with Crippen LogP contribution in [-0.4, -0.2) is 55.0 Å². The van der Waals surface area contributed by atoms with Gasteiger partial charge in [0.2, 0.25) is 5.91 Å². The number of amides is 1. The fourth-order valence-corrected chi connectivity index (χ4v) is 2.85. The molecule has 1 heterocycles. The van der Waals surface area contributed by atoms with Crippen LogP contribution in [0.1, 0.15) is 12.5 Å². The molecule has 1 aliphatic heterocycles. The molecule has 1 atom stereocenters. The molecule has 2 rings (SSSR count). The number of likely N-dealkylation sites (N-methyl/N-ethyl adjacent to an activating group) is 1. The fourth-order valence-electron chi connectivity index (χ4n) is 2.44. The molecule has 0 saturated carbocycles. The number of carbonyl (C=O) groups excluding carboxylic acids is 1. The van der Waals surface area contributed by atoms with Crippen LogP contribution in [0.5, 0.6) is 0 Å². The number of benzene rings is 1. The van der Waals surface area contributed by atoms with Gasteiger partial charge in [-0.2, -0.15) is 0 Å². The highest BCUT2D eigenvalue weighted by Crippen LogP contribution is 2.17. The van der Waals surface area contributed by atoms with E-state index in [2.05, 4.69) is 33.1 Å². The average Bonchev–Trinajstić information content (AvgIpc) is 2.41. The Morgan fingerprint density at radius 1 is 1.50 bits per heavy atom. The van der Waals surface area contributed by atoms with Gasteiger partial charge in [-0.3, -0.25) is 9.69 Å². The second kappa shape index (κ2) is 7.20. The van der Waals surface area contributed by atoms with E-state index in [1.807, 2.05) is 31.3 Å². The third kappa shape index (κ3) is 4.30. The summed E-state index contributed by atoms with van der Waals surface area (Å²) in [7, 11) is 1.87. The molecule has 1 amide bonds. The third-order valence-electron chi connectivity index (χ3n) is 3.60. The van der Waals surface area contributed by atoms with E-state index in [4.69, 9.17) is 0 Å². The highest BCUT2D eigenvalue weighted by atomic mass is 79.9. The van der Waals surface area contributed by atoms with Crippen molar-refractivity contribution >= 4 is 21.8 Å². The standard InChI is InChI=1S/C15H22BrN3O/c1-12-9-19(8-7-17-12)11-15(20)18(2)10-13-5-3-4-6-14(13)16/h3-6,12,17H,7-11H2,1-2H3/t12-/m0/s1. The number of rotatable bonds is 4. The Bertz CT molecular complexity index is 466. The zero-order valence-electron chi connectivity index (χ0n) is 12.1. The Labute approximate surface area is 129 Å². The Hall–Kier alpha value is -0.910. The van der Waals surface area contributed by atoms with Crippen LogP contribution < -0.4 is 5.32 Å². The van der Waals surface area contributed by atoms with Gasteiger partial charge >= 0.3 is 0 Å². The number of carbonyl (C=O) groups is 1. The maximum absolute atomic E-state index is 12.3. The quantitative estimate of drug-likeness (QED) is 0.906. The van der Waals surface area contributed by atoms with Crippen molar-refractivity contribution in [3.8, 4) is 0 Å². The van der Waals surface area contributed by atoms with Crippen LogP contribution in [0.25, 0.3) is 0 Å². The summed E-state index contributed by atoms with van der Waals surface area (Å²) in [5.74, 6) is 0.176. The summed E-state index contributed by atoms with van der Waals surface area (Å²) in [5.41, 5.74) is 1.14. The van der Waals surface area contributed by atoms with Crippen LogP contribution in [0.3, 0.4) is 0 Å². The zero-order valence-corrected chi connectivity index (χ0v) is 13.7. The topological polar surface area (TPSA) is 35.6 Å². The van der Waals surface area contributed by atoms with Crippen molar-refractivity contribution in [1.82, 2.24) is 15.1 Å². The van der Waals surface area contributed by atoms with E-state index in [1.165, 1.54) is 0 Å². The van der Waals surface area contributed by atoms with E-state index in [0.717, 1.165) is 29.7 Å². The molecule has 0 bridgehead atoms. The summed E-state index contributed by atoms with van der Waals surface area (Å²) in [6, 6.07) is 8.49. The second-order valence-electron chi connectivity index (χ2n) is 5.43. The number of nitrogens with zero attached hydrogens (tertiary/aromatic N) is 2. The normalized spacial score (nSPS) is 19.9. The maximum atomic E-state index is 12.3. The predicted octanol–water partition coefficient (Wildman–Crippen LogP) is 1.70. The molecule has 0 aromatic heterocycles. The van der Waals surface area contributed by atoms with Gasteiger partial charge in [0.1, 0.15) is 0 Å². The van der Waals surface area contributed by atoms with Gasteiger partial charge in [0, 0.05) is 43.7 Å². The average molecular weight is 340 g/mol. The summed E-state index contributed by atoms with van der Waals surface area (Å²) in [4.78, 5) is 16.3. The molecule has 1 N–H and O–H groups in total. The summed E-state index contributed by atoms with van der Waals surface area (Å²) in [6.45, 7) is 6.15. The molecule has 1 fully saturated rings. The lowest BCUT2D eigenvalue weighted by atomic mass is 10.2. The van der Waals surface area contributed by atoms with Crippen molar-refractivity contribution in [2.75, 3.05) is 33.2 Å². The Balaban J connectivity index is 1.87. The van der Waals surface area contributed by atoms with Gasteiger partial charge in [-0.25, -0.2) is 0 Å². The van der Waals surface area contributed by atoms with Crippen LogP contribution in [0, 0.1) is 0 Å². The van der Waals surface area contributed by atoms with Gasteiger partial charge < -0.3 is 10.2 Å². The van der Waals surface area contributed by atoms with E-state index in [-0.39, 0.29) is 5.91 Å². The minimum atomic E-state index is 0.176. The van der Waals surface area contributed by atoms with Crippen LogP contribution in [0.15, 0.2) is 28.7 Å².